The van der Waals surface area contributed by atoms with Crippen molar-refractivity contribution in [2.45, 2.75) is 58.9 Å². The Bertz CT molecular complexity index is 1790. The van der Waals surface area contributed by atoms with Crippen molar-refractivity contribution in [2.75, 3.05) is 50.1 Å². The van der Waals surface area contributed by atoms with Gasteiger partial charge in [-0.2, -0.15) is 4.98 Å². The molecule has 2 aromatic heterocycles. The number of pyridine rings is 1. The van der Waals surface area contributed by atoms with Crippen LogP contribution in [0.3, 0.4) is 0 Å². The lowest BCUT2D eigenvalue weighted by Crippen LogP contribution is -2.43. The summed E-state index contributed by atoms with van der Waals surface area (Å²) >= 11 is 6.63. The van der Waals surface area contributed by atoms with Crippen LogP contribution in [0.5, 0.6) is 0 Å². The van der Waals surface area contributed by atoms with Crippen molar-refractivity contribution in [3.63, 3.8) is 0 Å². The Kier molecular flexibility index (Phi) is 9.10. The molecule has 0 saturated carbocycles. The first-order valence-corrected chi connectivity index (χ1v) is 16.4. The highest BCUT2D eigenvalue weighted by Crippen LogP contribution is 2.34. The van der Waals surface area contributed by atoms with Crippen LogP contribution in [0.4, 0.5) is 17.3 Å². The Hall–Kier alpha value is -3.95. The minimum absolute atomic E-state index is 0.0955. The second-order valence-electron chi connectivity index (χ2n) is 12.4. The number of nitrogens with zero attached hydrogens (tertiary/aromatic N) is 6. The Morgan fingerprint density at radius 3 is 2.64 bits per heavy atom. The third-order valence-electron chi connectivity index (χ3n) is 9.19. The average molecular weight is 628 g/mol. The Labute approximate surface area is 269 Å². The third kappa shape index (κ3) is 6.29. The van der Waals surface area contributed by atoms with Crippen LogP contribution < -0.4 is 15.8 Å². The number of hydrogen-bond donors (Lipinski definition) is 1. The number of aryl methyl sites for hydroxylation is 2. The molecule has 1 amide bonds. The van der Waals surface area contributed by atoms with Crippen LogP contribution in [0.25, 0.3) is 22.2 Å². The van der Waals surface area contributed by atoms with Gasteiger partial charge in [-0.1, -0.05) is 36.7 Å². The molecule has 0 bridgehead atoms. The number of anilines is 3. The summed E-state index contributed by atoms with van der Waals surface area (Å²) in [6.45, 7) is 10.2. The minimum Gasteiger partial charge on any atom is -0.358 e. The maximum Gasteiger partial charge on any atom is 0.260 e. The molecule has 2 aliphatic heterocycles. The largest absolute Gasteiger partial charge is 0.358 e. The fourth-order valence-electron chi connectivity index (χ4n) is 6.86. The SMILES string of the molecule is CCC(=O)N1CCCC(n2c(=O)c(-c3ccccc3Cl)c(C)c3cnc(Nc4ccc(N5CCCCN(C)C5)c(C)c4)nc32)C1. The van der Waals surface area contributed by atoms with E-state index in [1.165, 1.54) is 24.1 Å². The van der Waals surface area contributed by atoms with Crippen LogP contribution >= 0.6 is 11.6 Å². The molecule has 2 aliphatic rings. The number of likely N-dealkylation sites (tertiary alicyclic amines) is 1. The van der Waals surface area contributed by atoms with Gasteiger partial charge in [0.2, 0.25) is 11.9 Å². The quantitative estimate of drug-likeness (QED) is 0.260. The van der Waals surface area contributed by atoms with E-state index < -0.39 is 0 Å². The van der Waals surface area contributed by atoms with Crippen LogP contribution in [0, 0.1) is 13.8 Å². The lowest BCUT2D eigenvalue weighted by atomic mass is 9.98. The summed E-state index contributed by atoms with van der Waals surface area (Å²) in [6, 6.07) is 13.6. The maximum atomic E-state index is 14.5. The van der Waals surface area contributed by atoms with Crippen LogP contribution in [0.2, 0.25) is 5.02 Å². The van der Waals surface area contributed by atoms with Crippen molar-refractivity contribution >= 4 is 45.9 Å². The number of piperidine rings is 1. The smallest absolute Gasteiger partial charge is 0.260 e. The lowest BCUT2D eigenvalue weighted by molar-refractivity contribution is -0.132. The van der Waals surface area contributed by atoms with Gasteiger partial charge < -0.3 is 15.1 Å². The van der Waals surface area contributed by atoms with E-state index in [9.17, 15) is 9.59 Å². The van der Waals surface area contributed by atoms with Crippen molar-refractivity contribution in [2.24, 2.45) is 0 Å². The molecule has 0 spiro atoms. The number of carbonyl (C=O) groups excluding carboxylic acids is 1. The molecule has 10 heteroatoms. The summed E-state index contributed by atoms with van der Waals surface area (Å²) in [7, 11) is 2.17. The van der Waals surface area contributed by atoms with Crippen molar-refractivity contribution in [1.82, 2.24) is 24.3 Å². The van der Waals surface area contributed by atoms with Crippen LogP contribution in [0.1, 0.15) is 56.2 Å². The summed E-state index contributed by atoms with van der Waals surface area (Å²) in [5.74, 6) is 0.512. The van der Waals surface area contributed by atoms with Gasteiger partial charge in [0, 0.05) is 59.6 Å². The lowest BCUT2D eigenvalue weighted by Gasteiger charge is -2.34. The monoisotopic (exact) mass is 627 g/mol. The predicted octanol–water partition coefficient (Wildman–Crippen LogP) is 6.54. The van der Waals surface area contributed by atoms with E-state index in [2.05, 4.69) is 47.3 Å². The van der Waals surface area contributed by atoms with E-state index in [1.807, 2.05) is 36.9 Å². The number of fused-ring (bicyclic) bond motifs is 1. The summed E-state index contributed by atoms with van der Waals surface area (Å²) in [5, 5.41) is 4.69. The molecule has 4 heterocycles. The Morgan fingerprint density at radius 1 is 1.07 bits per heavy atom. The van der Waals surface area contributed by atoms with Crippen molar-refractivity contribution in [1.29, 1.82) is 0 Å². The zero-order chi connectivity index (χ0) is 31.7. The second kappa shape index (κ2) is 13.2. The van der Waals surface area contributed by atoms with Gasteiger partial charge in [-0.05, 0) is 88.5 Å². The number of rotatable bonds is 6. The highest BCUT2D eigenvalue weighted by molar-refractivity contribution is 6.33. The molecule has 0 aliphatic carbocycles. The normalized spacial score (nSPS) is 17.8. The first-order valence-electron chi connectivity index (χ1n) is 16.0. The van der Waals surface area contributed by atoms with Gasteiger partial charge in [0.25, 0.3) is 5.56 Å². The topological polar surface area (TPSA) is 86.6 Å². The second-order valence-corrected chi connectivity index (χ2v) is 12.8. The first kappa shape index (κ1) is 31.0. The zero-order valence-electron chi connectivity index (χ0n) is 26.6. The molecule has 2 fully saturated rings. The fourth-order valence-corrected chi connectivity index (χ4v) is 7.09. The minimum atomic E-state index is -0.220. The molecule has 45 heavy (non-hydrogen) atoms. The molecular formula is C35H42ClN7O2. The van der Waals surface area contributed by atoms with Gasteiger partial charge in [0.05, 0.1) is 18.3 Å². The van der Waals surface area contributed by atoms with Crippen LogP contribution in [0.15, 0.2) is 53.5 Å². The van der Waals surface area contributed by atoms with E-state index in [-0.39, 0.29) is 17.5 Å². The molecule has 1 atom stereocenters. The highest BCUT2D eigenvalue weighted by atomic mass is 35.5. The molecule has 2 saturated heterocycles. The third-order valence-corrected chi connectivity index (χ3v) is 9.52. The number of carbonyl (C=O) groups is 1. The number of amides is 1. The molecule has 0 radical (unpaired) electrons. The number of hydrogen-bond acceptors (Lipinski definition) is 7. The van der Waals surface area contributed by atoms with Gasteiger partial charge in [-0.25, -0.2) is 4.98 Å². The summed E-state index contributed by atoms with van der Waals surface area (Å²) < 4.78 is 1.78. The molecular weight excluding hydrogens is 586 g/mol. The Balaban J connectivity index is 1.42. The van der Waals surface area contributed by atoms with Crippen LogP contribution in [-0.2, 0) is 4.79 Å². The molecule has 236 valence electrons. The van der Waals surface area contributed by atoms with Gasteiger partial charge in [-0.15, -0.1) is 0 Å². The highest BCUT2D eigenvalue weighted by Gasteiger charge is 2.29. The first-order chi connectivity index (χ1) is 21.7. The van der Waals surface area contributed by atoms with Crippen molar-refractivity contribution in [3.05, 3.63) is 75.2 Å². The predicted molar refractivity (Wildman–Crippen MR) is 183 cm³/mol. The van der Waals surface area contributed by atoms with E-state index >= 15 is 0 Å². The Morgan fingerprint density at radius 2 is 1.87 bits per heavy atom. The van der Waals surface area contributed by atoms with Gasteiger partial charge in [-0.3, -0.25) is 19.1 Å². The number of nitrogens with one attached hydrogen (secondary N) is 1. The van der Waals surface area contributed by atoms with Gasteiger partial charge >= 0.3 is 0 Å². The summed E-state index contributed by atoms with van der Waals surface area (Å²) in [4.78, 5) is 43.5. The standard InChI is InChI=1S/C35H42ClN7O2/c1-5-31(44)41-18-10-11-26(21-41)43-33-28(24(3)32(34(43)45)27-12-6-7-13-29(27)36)20-37-35(39-33)38-25-14-15-30(23(2)19-25)42-17-9-8-16-40(4)22-42/h6-7,12-15,19-20,26H,5,8-11,16-18,21-22H2,1-4H3,(H,37,38,39). The molecule has 4 aromatic rings. The fraction of sp³-hybridized carbons (Fsp3) is 0.429. The summed E-state index contributed by atoms with van der Waals surface area (Å²) in [5.41, 5.74) is 5.70. The van der Waals surface area contributed by atoms with E-state index in [0.717, 1.165) is 49.2 Å². The van der Waals surface area contributed by atoms with E-state index in [4.69, 9.17) is 21.6 Å². The average Bonchev–Trinajstić information content (AvgIpc) is 3.25. The molecule has 6 rings (SSSR count). The number of benzene rings is 2. The summed E-state index contributed by atoms with van der Waals surface area (Å²) in [6.07, 6.45) is 6.20. The van der Waals surface area contributed by atoms with Gasteiger partial charge in [0.15, 0.2) is 0 Å². The molecule has 2 aromatic carbocycles. The molecule has 9 nitrogen and oxygen atoms in total. The van der Waals surface area contributed by atoms with Crippen LogP contribution in [-0.4, -0.2) is 70.1 Å². The molecule has 1 N–H and O–H groups in total. The number of halogens is 1. The maximum absolute atomic E-state index is 14.5. The van der Waals surface area contributed by atoms with E-state index in [1.54, 1.807) is 16.8 Å². The van der Waals surface area contributed by atoms with Gasteiger partial charge in [0.1, 0.15) is 5.65 Å². The zero-order valence-corrected chi connectivity index (χ0v) is 27.4. The molecule has 1 unspecified atom stereocenters. The number of aromatic nitrogens is 3. The van der Waals surface area contributed by atoms with Crippen molar-refractivity contribution in [3.8, 4) is 11.1 Å². The van der Waals surface area contributed by atoms with E-state index in [0.29, 0.717) is 47.3 Å². The van der Waals surface area contributed by atoms with Crippen molar-refractivity contribution < 1.29 is 4.79 Å².